The molecule has 1 aliphatic heterocycles. The van der Waals surface area contributed by atoms with E-state index in [0.717, 1.165) is 60.3 Å². The molecule has 1 saturated heterocycles. The fourth-order valence-corrected chi connectivity index (χ4v) is 4.35. The Bertz CT molecular complexity index is 973. The lowest BCUT2D eigenvalue weighted by atomic mass is 9.95. The molecule has 152 valence electrons. The van der Waals surface area contributed by atoms with E-state index < -0.39 is 0 Å². The molecule has 4 rings (SSSR count). The molecule has 0 unspecified atom stereocenters. The molecule has 1 fully saturated rings. The van der Waals surface area contributed by atoms with Crippen LogP contribution in [0.25, 0.3) is 10.6 Å². The van der Waals surface area contributed by atoms with Gasteiger partial charge in [0, 0.05) is 42.0 Å². The minimum absolute atomic E-state index is 0.0528. The predicted molar refractivity (Wildman–Crippen MR) is 115 cm³/mol. The predicted octanol–water partition coefficient (Wildman–Crippen LogP) is 3.58. The normalized spacial score (nSPS) is 15.5. The van der Waals surface area contributed by atoms with Crippen LogP contribution in [0, 0.1) is 12.8 Å². The summed E-state index contributed by atoms with van der Waals surface area (Å²) >= 11 is 1.55. The lowest BCUT2D eigenvalue weighted by molar-refractivity contribution is -0.121. The summed E-state index contributed by atoms with van der Waals surface area (Å²) in [6.45, 7) is 7.68. The minimum Gasteiger partial charge on any atom is -0.326 e. The van der Waals surface area contributed by atoms with E-state index in [0.29, 0.717) is 0 Å². The number of nitrogens with zero attached hydrogens (tertiary/aromatic N) is 5. The molecule has 0 spiro atoms. The number of nitrogens with one attached hydrogen (secondary N) is 1. The van der Waals surface area contributed by atoms with Crippen molar-refractivity contribution in [2.45, 2.75) is 39.8 Å². The van der Waals surface area contributed by atoms with Gasteiger partial charge in [-0.1, -0.05) is 23.5 Å². The lowest BCUT2D eigenvalue weighted by Crippen LogP contribution is -2.37. The van der Waals surface area contributed by atoms with E-state index in [4.69, 9.17) is 0 Å². The number of benzene rings is 1. The van der Waals surface area contributed by atoms with Gasteiger partial charge in [-0.05, 0) is 51.9 Å². The molecule has 1 amide bonds. The minimum atomic E-state index is 0.0528. The van der Waals surface area contributed by atoms with Gasteiger partial charge in [0.2, 0.25) is 5.91 Å². The van der Waals surface area contributed by atoms with E-state index >= 15 is 0 Å². The molecule has 1 aliphatic rings. The SMILES string of the molecule is CCn1cc(CN2CCC(C(=O)Nc3cccc(-c4nnc(C)s4)c3)CC2)cn1. The molecule has 2 aromatic heterocycles. The van der Waals surface area contributed by atoms with Crippen LogP contribution in [-0.2, 0) is 17.9 Å². The summed E-state index contributed by atoms with van der Waals surface area (Å²) in [5.74, 6) is 0.158. The molecule has 3 heterocycles. The molecular weight excluding hydrogens is 384 g/mol. The van der Waals surface area contributed by atoms with Gasteiger partial charge in [-0.2, -0.15) is 5.10 Å². The van der Waals surface area contributed by atoms with Gasteiger partial charge >= 0.3 is 0 Å². The van der Waals surface area contributed by atoms with Crippen LogP contribution in [-0.4, -0.2) is 43.9 Å². The van der Waals surface area contributed by atoms with E-state index in [9.17, 15) is 4.79 Å². The van der Waals surface area contributed by atoms with E-state index in [-0.39, 0.29) is 11.8 Å². The Kier molecular flexibility index (Phi) is 6.01. The smallest absolute Gasteiger partial charge is 0.227 e. The van der Waals surface area contributed by atoms with Crippen LogP contribution in [0.4, 0.5) is 5.69 Å². The summed E-state index contributed by atoms with van der Waals surface area (Å²) in [6, 6.07) is 7.84. The van der Waals surface area contributed by atoms with Crippen molar-refractivity contribution in [2.75, 3.05) is 18.4 Å². The molecule has 0 aliphatic carbocycles. The molecule has 1 N–H and O–H groups in total. The first-order valence-electron chi connectivity index (χ1n) is 10.1. The van der Waals surface area contributed by atoms with Crippen LogP contribution in [0.2, 0.25) is 0 Å². The van der Waals surface area contributed by atoms with Gasteiger partial charge in [-0.3, -0.25) is 14.4 Å². The highest BCUT2D eigenvalue weighted by Gasteiger charge is 2.25. The van der Waals surface area contributed by atoms with Gasteiger partial charge in [-0.25, -0.2) is 0 Å². The first-order valence-corrected chi connectivity index (χ1v) is 10.9. The van der Waals surface area contributed by atoms with Gasteiger partial charge in [0.05, 0.1) is 6.20 Å². The van der Waals surface area contributed by atoms with Crippen LogP contribution in [0.3, 0.4) is 0 Å². The maximum absolute atomic E-state index is 12.8. The maximum atomic E-state index is 12.8. The maximum Gasteiger partial charge on any atom is 0.227 e. The van der Waals surface area contributed by atoms with Crippen LogP contribution in [0.5, 0.6) is 0 Å². The molecule has 1 aromatic carbocycles. The van der Waals surface area contributed by atoms with Crippen molar-refractivity contribution in [1.82, 2.24) is 24.9 Å². The van der Waals surface area contributed by atoms with Crippen molar-refractivity contribution in [3.63, 3.8) is 0 Å². The first kappa shape index (κ1) is 19.7. The number of carbonyl (C=O) groups is 1. The van der Waals surface area contributed by atoms with E-state index in [2.05, 4.69) is 38.6 Å². The molecule has 29 heavy (non-hydrogen) atoms. The number of aryl methyl sites for hydroxylation is 2. The second kappa shape index (κ2) is 8.84. The van der Waals surface area contributed by atoms with Crippen molar-refractivity contribution in [2.24, 2.45) is 5.92 Å². The number of amides is 1. The Labute approximate surface area is 174 Å². The van der Waals surface area contributed by atoms with Gasteiger partial charge < -0.3 is 5.32 Å². The van der Waals surface area contributed by atoms with Crippen LogP contribution in [0.15, 0.2) is 36.7 Å². The average Bonchev–Trinajstić information content (AvgIpc) is 3.37. The Morgan fingerprint density at radius 1 is 1.28 bits per heavy atom. The van der Waals surface area contributed by atoms with Crippen LogP contribution in [0.1, 0.15) is 30.3 Å². The van der Waals surface area contributed by atoms with Crippen molar-refractivity contribution in [3.8, 4) is 10.6 Å². The monoisotopic (exact) mass is 410 g/mol. The molecule has 0 radical (unpaired) electrons. The van der Waals surface area contributed by atoms with E-state index in [1.807, 2.05) is 42.1 Å². The molecular formula is C21H26N6OS. The van der Waals surface area contributed by atoms with E-state index in [1.54, 1.807) is 11.3 Å². The Hall–Kier alpha value is -2.58. The van der Waals surface area contributed by atoms with Gasteiger partial charge in [-0.15, -0.1) is 10.2 Å². The number of anilines is 1. The van der Waals surface area contributed by atoms with Crippen molar-refractivity contribution in [1.29, 1.82) is 0 Å². The largest absolute Gasteiger partial charge is 0.326 e. The van der Waals surface area contributed by atoms with Gasteiger partial charge in [0.15, 0.2) is 0 Å². The molecule has 7 nitrogen and oxygen atoms in total. The highest BCUT2D eigenvalue weighted by Crippen LogP contribution is 2.26. The van der Waals surface area contributed by atoms with Crippen molar-refractivity contribution >= 4 is 22.9 Å². The van der Waals surface area contributed by atoms with E-state index in [1.165, 1.54) is 5.56 Å². The lowest BCUT2D eigenvalue weighted by Gasteiger charge is -2.30. The average molecular weight is 411 g/mol. The standard InChI is InChI=1S/C21H26N6OS/c1-3-27-14-16(12-22-27)13-26-9-7-17(8-10-26)20(28)23-19-6-4-5-18(11-19)21-25-24-15(2)29-21/h4-6,11-12,14,17H,3,7-10,13H2,1-2H3,(H,23,28). The summed E-state index contributed by atoms with van der Waals surface area (Å²) in [6.07, 6.45) is 5.80. The first-order chi connectivity index (χ1) is 14.1. The Morgan fingerprint density at radius 2 is 2.10 bits per heavy atom. The van der Waals surface area contributed by atoms with Crippen molar-refractivity contribution in [3.05, 3.63) is 47.2 Å². The topological polar surface area (TPSA) is 75.9 Å². The highest BCUT2D eigenvalue weighted by atomic mass is 32.1. The number of hydrogen-bond donors (Lipinski definition) is 1. The zero-order valence-electron chi connectivity index (χ0n) is 16.8. The zero-order chi connectivity index (χ0) is 20.2. The molecule has 3 aromatic rings. The molecule has 8 heteroatoms. The second-order valence-corrected chi connectivity index (χ2v) is 8.63. The fourth-order valence-electron chi connectivity index (χ4n) is 3.66. The Morgan fingerprint density at radius 3 is 2.79 bits per heavy atom. The highest BCUT2D eigenvalue weighted by molar-refractivity contribution is 7.14. The summed E-state index contributed by atoms with van der Waals surface area (Å²) in [4.78, 5) is 15.2. The number of aromatic nitrogens is 4. The quantitative estimate of drug-likeness (QED) is 0.672. The number of piperidine rings is 1. The summed E-state index contributed by atoms with van der Waals surface area (Å²) in [5, 5.41) is 17.5. The van der Waals surface area contributed by atoms with Crippen LogP contribution >= 0.6 is 11.3 Å². The third-order valence-electron chi connectivity index (χ3n) is 5.28. The molecule has 0 bridgehead atoms. The van der Waals surface area contributed by atoms with Crippen LogP contribution < -0.4 is 5.32 Å². The fraction of sp³-hybridized carbons (Fsp3) is 0.429. The van der Waals surface area contributed by atoms with Gasteiger partial charge in [0.1, 0.15) is 10.0 Å². The number of likely N-dealkylation sites (tertiary alicyclic amines) is 1. The third kappa shape index (κ3) is 4.89. The second-order valence-electron chi connectivity index (χ2n) is 7.45. The third-order valence-corrected chi connectivity index (χ3v) is 6.17. The summed E-state index contributed by atoms with van der Waals surface area (Å²) < 4.78 is 1.95. The molecule has 0 saturated carbocycles. The zero-order valence-corrected chi connectivity index (χ0v) is 17.7. The number of carbonyl (C=O) groups excluding carboxylic acids is 1. The Balaban J connectivity index is 1.31. The number of rotatable bonds is 6. The number of hydrogen-bond acceptors (Lipinski definition) is 6. The summed E-state index contributed by atoms with van der Waals surface area (Å²) in [5.41, 5.74) is 3.03. The summed E-state index contributed by atoms with van der Waals surface area (Å²) in [7, 11) is 0. The molecule has 0 atom stereocenters. The van der Waals surface area contributed by atoms with Gasteiger partial charge in [0.25, 0.3) is 0 Å². The van der Waals surface area contributed by atoms with Crippen molar-refractivity contribution < 1.29 is 4.79 Å².